The Kier molecular flexibility index (Phi) is 8.00. The van der Waals surface area contributed by atoms with Crippen LogP contribution in [0.25, 0.3) is 16.6 Å². The number of benzene rings is 2. The van der Waals surface area contributed by atoms with Gasteiger partial charge in [-0.05, 0) is 31.2 Å². The number of ether oxygens (including phenoxy) is 1. The number of fused-ring (bicyclic) bond motifs is 1. The number of nitrogens with one attached hydrogen (secondary N) is 1. The Morgan fingerprint density at radius 1 is 1.19 bits per heavy atom. The number of rotatable bonds is 8. The summed E-state index contributed by atoms with van der Waals surface area (Å²) in [5, 5.41) is 4.23. The van der Waals surface area contributed by atoms with E-state index < -0.39 is 0 Å². The maximum atomic E-state index is 12.7. The Bertz CT molecular complexity index is 1450. The van der Waals surface area contributed by atoms with Gasteiger partial charge in [0.2, 0.25) is 11.8 Å². The van der Waals surface area contributed by atoms with Crippen molar-refractivity contribution in [1.29, 1.82) is 0 Å². The smallest absolute Gasteiger partial charge is 0.246 e. The summed E-state index contributed by atoms with van der Waals surface area (Å²) in [6.07, 6.45) is 5.33. The molecule has 2 amide bonds. The summed E-state index contributed by atoms with van der Waals surface area (Å²) in [4.78, 5) is 34.8. The first-order chi connectivity index (χ1) is 17.7. The standard InChI is InChI=1S/C27H27Cl2N5O3/c1-16(2)27(36)31-13-24(35)33(4)21-9-8-20(28)19(25(21)29)14-37-23-7-5-6-18-22(34-11-10-30-15-34)12-17(3)32-26(18)23/h5-12,15-16H,13-14H2,1-4H3,(H,31,36). The molecule has 1 N–H and O–H groups in total. The third-order valence-electron chi connectivity index (χ3n) is 5.90. The van der Waals surface area contributed by atoms with Crippen molar-refractivity contribution >= 4 is 51.6 Å². The molecule has 192 valence electrons. The average molecular weight is 540 g/mol. The normalized spacial score (nSPS) is 11.1. The zero-order chi connectivity index (χ0) is 26.7. The molecule has 8 nitrogen and oxygen atoms in total. The number of imidazole rings is 1. The largest absolute Gasteiger partial charge is 0.487 e. The minimum Gasteiger partial charge on any atom is -0.487 e. The van der Waals surface area contributed by atoms with Gasteiger partial charge in [0.25, 0.3) is 0 Å². The van der Waals surface area contributed by atoms with Gasteiger partial charge in [-0.15, -0.1) is 0 Å². The molecule has 2 aromatic carbocycles. The third-order valence-corrected chi connectivity index (χ3v) is 6.68. The minimum absolute atomic E-state index is 0.0623. The molecule has 4 rings (SSSR count). The van der Waals surface area contributed by atoms with Gasteiger partial charge in [0.05, 0.1) is 29.3 Å². The number of anilines is 1. The second-order valence-electron chi connectivity index (χ2n) is 8.88. The van der Waals surface area contributed by atoms with Crippen LogP contribution in [0.3, 0.4) is 0 Å². The van der Waals surface area contributed by atoms with E-state index in [4.69, 9.17) is 32.9 Å². The number of halogens is 2. The van der Waals surface area contributed by atoms with Gasteiger partial charge in [0, 0.05) is 47.0 Å². The lowest BCUT2D eigenvalue weighted by Crippen LogP contribution is -2.39. The van der Waals surface area contributed by atoms with Crippen molar-refractivity contribution in [2.75, 3.05) is 18.5 Å². The predicted octanol–water partition coefficient (Wildman–Crippen LogP) is 5.35. The molecule has 0 fully saturated rings. The number of carbonyl (C=O) groups excluding carboxylic acids is 2. The van der Waals surface area contributed by atoms with Gasteiger partial charge in [-0.2, -0.15) is 0 Å². The Labute approximate surface area is 225 Å². The van der Waals surface area contributed by atoms with Crippen LogP contribution in [0.2, 0.25) is 10.0 Å². The van der Waals surface area contributed by atoms with Crippen molar-refractivity contribution in [3.8, 4) is 11.4 Å². The van der Waals surface area contributed by atoms with Crippen molar-refractivity contribution < 1.29 is 14.3 Å². The lowest BCUT2D eigenvalue weighted by Gasteiger charge is -2.21. The van der Waals surface area contributed by atoms with Gasteiger partial charge < -0.3 is 19.5 Å². The fourth-order valence-electron chi connectivity index (χ4n) is 3.81. The first-order valence-electron chi connectivity index (χ1n) is 11.7. The highest BCUT2D eigenvalue weighted by molar-refractivity contribution is 6.38. The van der Waals surface area contributed by atoms with Gasteiger partial charge >= 0.3 is 0 Å². The summed E-state index contributed by atoms with van der Waals surface area (Å²) < 4.78 is 8.10. The number of amides is 2. The number of aromatic nitrogens is 3. The SMILES string of the molecule is Cc1cc(-n2ccnc2)c2cccc(OCc3c(Cl)ccc(N(C)C(=O)CNC(=O)C(C)C)c3Cl)c2n1. The van der Waals surface area contributed by atoms with Gasteiger partial charge in [0.1, 0.15) is 17.9 Å². The molecule has 0 aliphatic rings. The lowest BCUT2D eigenvalue weighted by molar-refractivity contribution is -0.126. The molecular formula is C27H27Cl2N5O3. The summed E-state index contributed by atoms with van der Waals surface area (Å²) in [5.74, 6) is -0.163. The van der Waals surface area contributed by atoms with E-state index in [-0.39, 0.29) is 30.9 Å². The van der Waals surface area contributed by atoms with Crippen LogP contribution in [0.5, 0.6) is 5.75 Å². The molecule has 0 saturated carbocycles. The minimum atomic E-state index is -0.314. The van der Waals surface area contributed by atoms with Crippen LogP contribution >= 0.6 is 23.2 Å². The number of likely N-dealkylation sites (N-methyl/N-ethyl adjacent to an activating group) is 1. The maximum Gasteiger partial charge on any atom is 0.246 e. The van der Waals surface area contributed by atoms with Crippen LogP contribution < -0.4 is 15.0 Å². The van der Waals surface area contributed by atoms with E-state index in [1.54, 1.807) is 45.6 Å². The van der Waals surface area contributed by atoms with E-state index in [2.05, 4.69) is 10.3 Å². The van der Waals surface area contributed by atoms with Crippen molar-refractivity contribution in [3.05, 3.63) is 76.4 Å². The van der Waals surface area contributed by atoms with Crippen LogP contribution in [-0.2, 0) is 16.2 Å². The summed E-state index contributed by atoms with van der Waals surface area (Å²) in [5.41, 5.74) is 3.46. The Balaban J connectivity index is 1.59. The van der Waals surface area contributed by atoms with Crippen LogP contribution in [0, 0.1) is 12.8 Å². The highest BCUT2D eigenvalue weighted by atomic mass is 35.5. The molecule has 0 spiro atoms. The van der Waals surface area contributed by atoms with E-state index in [0.717, 1.165) is 16.8 Å². The second kappa shape index (κ2) is 11.2. The van der Waals surface area contributed by atoms with E-state index in [9.17, 15) is 9.59 Å². The number of nitrogens with zero attached hydrogens (tertiary/aromatic N) is 4. The van der Waals surface area contributed by atoms with Crippen LogP contribution in [0.15, 0.2) is 55.1 Å². The molecule has 0 aliphatic carbocycles. The molecule has 2 aromatic heterocycles. The summed E-state index contributed by atoms with van der Waals surface area (Å²) >= 11 is 13.2. The quantitative estimate of drug-likeness (QED) is 0.326. The first kappa shape index (κ1) is 26.4. The highest BCUT2D eigenvalue weighted by Crippen LogP contribution is 2.36. The molecule has 37 heavy (non-hydrogen) atoms. The molecule has 0 unspecified atom stereocenters. The van der Waals surface area contributed by atoms with E-state index in [1.165, 1.54) is 4.90 Å². The summed E-state index contributed by atoms with van der Waals surface area (Å²) in [6.45, 7) is 5.37. The molecule has 10 heteroatoms. The number of carbonyl (C=O) groups is 2. The van der Waals surface area contributed by atoms with E-state index in [1.807, 2.05) is 42.0 Å². The van der Waals surface area contributed by atoms with Crippen LogP contribution in [-0.4, -0.2) is 39.9 Å². The molecule has 0 aliphatic heterocycles. The fourth-order valence-corrected chi connectivity index (χ4v) is 4.41. The molecule has 2 heterocycles. The molecule has 4 aromatic rings. The fraction of sp³-hybridized carbons (Fsp3) is 0.259. The first-order valence-corrected chi connectivity index (χ1v) is 12.5. The van der Waals surface area contributed by atoms with E-state index in [0.29, 0.717) is 32.6 Å². The predicted molar refractivity (Wildman–Crippen MR) is 146 cm³/mol. The number of aryl methyl sites for hydroxylation is 1. The molecular weight excluding hydrogens is 513 g/mol. The van der Waals surface area contributed by atoms with Crippen LogP contribution in [0.1, 0.15) is 25.1 Å². The lowest BCUT2D eigenvalue weighted by atomic mass is 10.1. The zero-order valence-corrected chi connectivity index (χ0v) is 22.5. The topological polar surface area (TPSA) is 89.4 Å². The van der Waals surface area contributed by atoms with Crippen molar-refractivity contribution in [3.63, 3.8) is 0 Å². The Morgan fingerprint density at radius 3 is 2.68 bits per heavy atom. The molecule has 0 bridgehead atoms. The highest BCUT2D eigenvalue weighted by Gasteiger charge is 2.20. The zero-order valence-electron chi connectivity index (χ0n) is 21.0. The monoisotopic (exact) mass is 539 g/mol. The third kappa shape index (κ3) is 5.70. The van der Waals surface area contributed by atoms with Crippen molar-refractivity contribution in [2.24, 2.45) is 5.92 Å². The number of pyridine rings is 1. The number of para-hydroxylation sites is 1. The average Bonchev–Trinajstić information content (AvgIpc) is 3.41. The number of hydrogen-bond acceptors (Lipinski definition) is 5. The van der Waals surface area contributed by atoms with Gasteiger partial charge in [-0.3, -0.25) is 9.59 Å². The number of hydrogen-bond donors (Lipinski definition) is 1. The molecule has 0 atom stereocenters. The molecule has 0 radical (unpaired) electrons. The maximum absolute atomic E-state index is 12.7. The van der Waals surface area contributed by atoms with Crippen molar-refractivity contribution in [1.82, 2.24) is 19.9 Å². The Morgan fingerprint density at radius 2 is 1.97 bits per heavy atom. The summed E-state index contributed by atoms with van der Waals surface area (Å²) in [7, 11) is 1.60. The van der Waals surface area contributed by atoms with Gasteiger partial charge in [0.15, 0.2) is 0 Å². The molecule has 0 saturated heterocycles. The van der Waals surface area contributed by atoms with E-state index >= 15 is 0 Å². The second-order valence-corrected chi connectivity index (χ2v) is 9.66. The van der Waals surface area contributed by atoms with Gasteiger partial charge in [-0.1, -0.05) is 49.2 Å². The van der Waals surface area contributed by atoms with Crippen molar-refractivity contribution in [2.45, 2.75) is 27.4 Å². The van der Waals surface area contributed by atoms with Gasteiger partial charge in [-0.25, -0.2) is 9.97 Å². The Hall–Kier alpha value is -3.62. The summed E-state index contributed by atoms with van der Waals surface area (Å²) in [6, 6.07) is 11.0. The van der Waals surface area contributed by atoms with Crippen LogP contribution in [0.4, 0.5) is 5.69 Å².